The van der Waals surface area contributed by atoms with Crippen molar-refractivity contribution in [1.82, 2.24) is 14.5 Å². The van der Waals surface area contributed by atoms with Crippen LogP contribution < -0.4 is 15.7 Å². The minimum absolute atomic E-state index is 0.0242. The summed E-state index contributed by atoms with van der Waals surface area (Å²) < 4.78 is 69.6. The predicted molar refractivity (Wildman–Crippen MR) is 181 cm³/mol. The van der Waals surface area contributed by atoms with E-state index in [-0.39, 0.29) is 40.2 Å². The van der Waals surface area contributed by atoms with Crippen molar-refractivity contribution in [3.8, 4) is 11.5 Å². The normalized spacial score (nSPS) is 19.9. The average molecular weight is 741 g/mol. The Bertz CT molecular complexity index is 2240. The van der Waals surface area contributed by atoms with Gasteiger partial charge in [0.05, 0.1) is 22.9 Å². The third-order valence-electron chi connectivity index (χ3n) is 8.78. The molecule has 0 bridgehead atoms. The Morgan fingerprint density at radius 3 is 2.57 bits per heavy atom. The van der Waals surface area contributed by atoms with E-state index in [4.69, 9.17) is 23.4 Å². The number of rotatable bonds is 9. The fraction of sp³-hybridized carbons (Fsp3) is 0.333. The van der Waals surface area contributed by atoms with E-state index in [1.807, 2.05) is 0 Å². The fourth-order valence-corrected chi connectivity index (χ4v) is 6.15. The molecule has 1 amide bonds. The highest BCUT2D eigenvalue weighted by Gasteiger charge is 2.53. The number of hydrogen-bond acceptors (Lipinski definition) is 11. The smallest absolute Gasteiger partial charge is 0.416 e. The molecule has 0 unspecified atom stereocenters. The molecule has 4 heterocycles. The summed E-state index contributed by atoms with van der Waals surface area (Å²) in [4.78, 5) is 45.9. The highest BCUT2D eigenvalue weighted by molar-refractivity contribution is 6.05. The van der Waals surface area contributed by atoms with Gasteiger partial charge in [-0.05, 0) is 69.7 Å². The van der Waals surface area contributed by atoms with Crippen LogP contribution in [0.1, 0.15) is 57.2 Å². The molecule has 0 saturated carbocycles. The van der Waals surface area contributed by atoms with E-state index in [1.165, 1.54) is 55.4 Å². The number of ether oxygens (including phenoxy) is 4. The van der Waals surface area contributed by atoms with Gasteiger partial charge in [0.1, 0.15) is 28.8 Å². The Balaban J connectivity index is 1.20. The predicted octanol–water partition coefficient (Wildman–Crippen LogP) is 5.07. The summed E-state index contributed by atoms with van der Waals surface area (Å²) in [6.07, 6.45) is -7.09. The lowest BCUT2D eigenvalue weighted by Crippen LogP contribution is -2.65. The van der Waals surface area contributed by atoms with E-state index in [1.54, 1.807) is 32.9 Å². The molecule has 14 nitrogen and oxygen atoms in total. The van der Waals surface area contributed by atoms with Crippen molar-refractivity contribution in [3.63, 3.8) is 0 Å². The van der Waals surface area contributed by atoms with Crippen LogP contribution in [0.3, 0.4) is 0 Å². The molecule has 2 aromatic carbocycles. The Hall–Kier alpha value is -5.65. The quantitative estimate of drug-likeness (QED) is 0.117. The van der Waals surface area contributed by atoms with Crippen molar-refractivity contribution in [2.24, 2.45) is 0 Å². The third kappa shape index (κ3) is 7.49. The summed E-state index contributed by atoms with van der Waals surface area (Å²) in [6.45, 7) is 6.61. The number of methoxy groups -OCH3 is 1. The van der Waals surface area contributed by atoms with Crippen LogP contribution >= 0.6 is 0 Å². The van der Waals surface area contributed by atoms with E-state index < -0.39 is 70.9 Å². The number of fused-ring (bicyclic) bond motifs is 1. The number of carbonyl (C=O) groups is 2. The van der Waals surface area contributed by atoms with Gasteiger partial charge in [-0.3, -0.25) is 4.79 Å². The first kappa shape index (κ1) is 37.1. The van der Waals surface area contributed by atoms with Crippen LogP contribution in [0, 0.1) is 13.8 Å². The number of hydrogen-bond donors (Lipinski definition) is 4. The summed E-state index contributed by atoms with van der Waals surface area (Å²) in [6, 6.07) is 10.7. The standard InChI is InChI=1S/C36H35F3N4O10/c1-17-9-11-22(41-17)32(47)52-29-27(45)34(53-35(3,4)30(29)49-5)50-24-12-10-21-26(44)25(33(48)51-28(21)18(24)2)42-31(46)23-15-43(16-40-23)14-19-7-6-8-20(13-19)36(37,38)39/h6-13,15-16,27,29-30,34,41,44-45H,14H2,1-5H3,(H,42,46)/t27-,29+,30-,34-/m1/s1. The van der Waals surface area contributed by atoms with Crippen LogP contribution in [0.5, 0.6) is 11.5 Å². The van der Waals surface area contributed by atoms with Crippen LogP contribution in [0.25, 0.3) is 11.0 Å². The third-order valence-corrected chi connectivity index (χ3v) is 8.78. The monoisotopic (exact) mass is 740 g/mol. The molecule has 1 fully saturated rings. The van der Waals surface area contributed by atoms with E-state index in [9.17, 15) is 37.8 Å². The number of H-pyrrole nitrogens is 1. The number of aromatic nitrogens is 3. The average Bonchev–Trinajstić information content (AvgIpc) is 3.75. The number of aliphatic hydroxyl groups is 1. The molecule has 3 aromatic heterocycles. The van der Waals surface area contributed by atoms with E-state index in [0.29, 0.717) is 5.56 Å². The van der Waals surface area contributed by atoms with Crippen LogP contribution in [0.4, 0.5) is 18.9 Å². The number of nitrogens with zero attached hydrogens (tertiary/aromatic N) is 2. The van der Waals surface area contributed by atoms with Gasteiger partial charge in [-0.1, -0.05) is 12.1 Å². The molecule has 53 heavy (non-hydrogen) atoms. The van der Waals surface area contributed by atoms with Crippen molar-refractivity contribution in [2.45, 2.75) is 70.6 Å². The summed E-state index contributed by atoms with van der Waals surface area (Å²) in [7, 11) is 1.39. The summed E-state index contributed by atoms with van der Waals surface area (Å²) in [5, 5.41) is 24.7. The first-order valence-corrected chi connectivity index (χ1v) is 16.2. The summed E-state index contributed by atoms with van der Waals surface area (Å²) >= 11 is 0. The second-order valence-corrected chi connectivity index (χ2v) is 13.0. The Morgan fingerprint density at radius 2 is 1.89 bits per heavy atom. The van der Waals surface area contributed by atoms with Crippen LogP contribution in [0.2, 0.25) is 0 Å². The van der Waals surface area contributed by atoms with Crippen molar-refractivity contribution >= 4 is 28.5 Å². The zero-order chi connectivity index (χ0) is 38.4. The van der Waals surface area contributed by atoms with Crippen molar-refractivity contribution in [1.29, 1.82) is 0 Å². The number of amides is 1. The Kier molecular flexibility index (Phi) is 9.84. The number of aryl methyl sites for hydroxylation is 2. The van der Waals surface area contributed by atoms with Gasteiger partial charge in [-0.25, -0.2) is 14.6 Å². The molecule has 0 aliphatic carbocycles. The molecule has 5 aromatic rings. The minimum Gasteiger partial charge on any atom is -0.505 e. The maximum Gasteiger partial charge on any atom is 0.416 e. The van der Waals surface area contributed by atoms with Gasteiger partial charge in [0.25, 0.3) is 5.91 Å². The van der Waals surface area contributed by atoms with Crippen LogP contribution in [-0.4, -0.2) is 73.9 Å². The number of aromatic amines is 1. The molecule has 1 aliphatic heterocycles. The molecule has 17 heteroatoms. The van der Waals surface area contributed by atoms with Gasteiger partial charge in [-0.2, -0.15) is 13.2 Å². The van der Waals surface area contributed by atoms with Crippen molar-refractivity contribution in [2.75, 3.05) is 12.4 Å². The Morgan fingerprint density at radius 1 is 1.13 bits per heavy atom. The zero-order valence-electron chi connectivity index (χ0n) is 29.0. The number of nitrogens with one attached hydrogen (secondary N) is 2. The van der Waals surface area contributed by atoms with Crippen molar-refractivity contribution in [3.05, 3.63) is 105 Å². The van der Waals surface area contributed by atoms with Gasteiger partial charge in [0, 0.05) is 31.1 Å². The first-order chi connectivity index (χ1) is 25.0. The summed E-state index contributed by atoms with van der Waals surface area (Å²) in [5.41, 5.74) is -2.49. The van der Waals surface area contributed by atoms with Gasteiger partial charge in [0.2, 0.25) is 6.29 Å². The minimum atomic E-state index is -4.52. The topological polar surface area (TPSA) is 187 Å². The van der Waals surface area contributed by atoms with Gasteiger partial charge >= 0.3 is 17.8 Å². The maximum atomic E-state index is 13.1. The second-order valence-electron chi connectivity index (χ2n) is 13.0. The molecule has 4 N–H and O–H groups in total. The number of benzene rings is 2. The lowest BCUT2D eigenvalue weighted by atomic mass is 9.89. The maximum absolute atomic E-state index is 13.1. The highest BCUT2D eigenvalue weighted by atomic mass is 19.4. The number of imidazole rings is 1. The molecule has 1 aliphatic rings. The number of aromatic hydroxyl groups is 1. The van der Waals surface area contributed by atoms with Crippen LogP contribution in [0.15, 0.2) is 70.3 Å². The molecule has 280 valence electrons. The number of esters is 1. The largest absolute Gasteiger partial charge is 0.505 e. The molecular formula is C36H35F3N4O10. The highest BCUT2D eigenvalue weighted by Crippen LogP contribution is 2.39. The van der Waals surface area contributed by atoms with Crippen LogP contribution in [-0.2, 0) is 26.9 Å². The first-order valence-electron chi connectivity index (χ1n) is 16.2. The van der Waals surface area contributed by atoms with E-state index >= 15 is 0 Å². The van der Waals surface area contributed by atoms with E-state index in [2.05, 4.69) is 15.3 Å². The summed E-state index contributed by atoms with van der Waals surface area (Å²) in [5.74, 6) is -2.16. The second kappa shape index (κ2) is 14.1. The lowest BCUT2D eigenvalue weighted by Gasteiger charge is -2.47. The van der Waals surface area contributed by atoms with Gasteiger partial charge in [-0.15, -0.1) is 0 Å². The number of carbonyl (C=O) groups excluding carboxylic acids is 2. The van der Waals surface area contributed by atoms with E-state index in [0.717, 1.165) is 17.8 Å². The lowest BCUT2D eigenvalue weighted by molar-refractivity contribution is -0.305. The van der Waals surface area contributed by atoms with Gasteiger partial charge < -0.3 is 48.4 Å². The van der Waals surface area contributed by atoms with Crippen molar-refractivity contribution < 1.29 is 56.3 Å². The SMILES string of the molecule is CO[C@@H]1[C@@H](OC(=O)c2ccc(C)[nH]2)[C@@H](O)[C@H](Oc2ccc3c(O)c(NC(=O)c4cn(Cc5cccc(C(F)(F)F)c5)cn4)c(=O)oc3c2C)OC1(C)C. The molecule has 1 saturated heterocycles. The molecule has 4 atom stereocenters. The zero-order valence-corrected chi connectivity index (χ0v) is 29.0. The number of halogens is 3. The molecule has 0 radical (unpaired) electrons. The molecule has 6 rings (SSSR count). The Labute approximate surface area is 299 Å². The molecular weight excluding hydrogens is 705 g/mol. The fourth-order valence-electron chi connectivity index (χ4n) is 6.15. The number of aliphatic hydroxyl groups excluding tert-OH is 1. The van der Waals surface area contributed by atoms with Gasteiger partial charge in [0.15, 0.2) is 23.6 Å². The molecule has 0 spiro atoms. The number of alkyl halides is 3. The number of anilines is 1.